The minimum absolute atomic E-state index is 0.376. The van der Waals surface area contributed by atoms with Gasteiger partial charge in [0.2, 0.25) is 0 Å². The number of alkyl halides is 2. The monoisotopic (exact) mass is 421 g/mol. The van der Waals surface area contributed by atoms with Crippen LogP contribution in [0.1, 0.15) is 36.8 Å². The average molecular weight is 422 g/mol. The Morgan fingerprint density at radius 2 is 2.00 bits per heavy atom. The Kier molecular flexibility index (Phi) is 7.45. The molecular formula is C21H26ClF2N5. The minimum Gasteiger partial charge on any atom is -0.381 e. The van der Waals surface area contributed by atoms with Gasteiger partial charge in [-0.15, -0.1) is 0 Å². The number of hydrogen-bond donors (Lipinski definition) is 1. The fourth-order valence-corrected chi connectivity index (χ4v) is 3.84. The summed E-state index contributed by atoms with van der Waals surface area (Å²) in [5.41, 5.74) is 2.16. The third-order valence-electron chi connectivity index (χ3n) is 5.00. The molecular weight excluding hydrogens is 396 g/mol. The van der Waals surface area contributed by atoms with E-state index in [0.717, 1.165) is 36.6 Å². The summed E-state index contributed by atoms with van der Waals surface area (Å²) < 4.78 is 26.1. The van der Waals surface area contributed by atoms with Crippen molar-refractivity contribution in [3.8, 4) is 11.8 Å². The first kappa shape index (κ1) is 21.5. The molecule has 8 heteroatoms. The predicted octanol–water partition coefficient (Wildman–Crippen LogP) is 4.13. The maximum Gasteiger partial charge on any atom is 0.257 e. The van der Waals surface area contributed by atoms with Gasteiger partial charge in [0.15, 0.2) is 0 Å². The third kappa shape index (κ3) is 6.69. The number of nitrogens with one attached hydrogen (secondary N) is 1. The van der Waals surface area contributed by atoms with Gasteiger partial charge in [0, 0.05) is 25.0 Å². The van der Waals surface area contributed by atoms with Crippen LogP contribution in [-0.2, 0) is 6.54 Å². The van der Waals surface area contributed by atoms with E-state index in [1.807, 2.05) is 0 Å². The van der Waals surface area contributed by atoms with Crippen LogP contribution in [0.2, 0.25) is 5.15 Å². The second-order valence-corrected chi connectivity index (χ2v) is 8.16. The van der Waals surface area contributed by atoms with E-state index in [0.29, 0.717) is 16.8 Å². The van der Waals surface area contributed by atoms with Gasteiger partial charge in [0.05, 0.1) is 23.0 Å². The van der Waals surface area contributed by atoms with Crippen LogP contribution < -0.4 is 5.32 Å². The summed E-state index contributed by atoms with van der Waals surface area (Å²) in [6.45, 7) is 0.692. The molecule has 2 heterocycles. The molecule has 5 nitrogen and oxygen atoms in total. The molecule has 0 aliphatic heterocycles. The van der Waals surface area contributed by atoms with Crippen LogP contribution >= 0.6 is 11.6 Å². The van der Waals surface area contributed by atoms with E-state index in [4.69, 9.17) is 11.6 Å². The lowest BCUT2D eigenvalue weighted by Crippen LogP contribution is -2.31. The molecule has 0 atom stereocenters. The van der Waals surface area contributed by atoms with E-state index in [2.05, 4.69) is 46.2 Å². The van der Waals surface area contributed by atoms with Gasteiger partial charge in [-0.3, -0.25) is 4.68 Å². The van der Waals surface area contributed by atoms with Crippen molar-refractivity contribution in [3.05, 3.63) is 40.9 Å². The molecule has 0 radical (unpaired) electrons. The highest BCUT2D eigenvalue weighted by molar-refractivity contribution is 6.29. The number of anilines is 1. The summed E-state index contributed by atoms with van der Waals surface area (Å²) in [6, 6.07) is 2.17. The Morgan fingerprint density at radius 3 is 2.69 bits per heavy atom. The number of hydrogen-bond acceptors (Lipinski definition) is 4. The van der Waals surface area contributed by atoms with E-state index in [9.17, 15) is 8.78 Å². The maximum absolute atomic E-state index is 12.5. The van der Waals surface area contributed by atoms with Crippen LogP contribution in [0.5, 0.6) is 0 Å². The zero-order valence-corrected chi connectivity index (χ0v) is 17.5. The molecule has 0 spiro atoms. The van der Waals surface area contributed by atoms with Crippen LogP contribution in [-0.4, -0.2) is 52.8 Å². The lowest BCUT2D eigenvalue weighted by atomic mass is 9.85. The number of aromatic nitrogens is 3. The van der Waals surface area contributed by atoms with Crippen LogP contribution in [0.4, 0.5) is 14.5 Å². The smallest absolute Gasteiger partial charge is 0.257 e. The second kappa shape index (κ2) is 10.0. The Balaban J connectivity index is 1.67. The molecule has 0 saturated heterocycles. The first-order valence-electron chi connectivity index (χ1n) is 9.78. The average Bonchev–Trinajstić information content (AvgIpc) is 3.09. The normalized spacial score (nSPS) is 19.3. The summed E-state index contributed by atoms with van der Waals surface area (Å²) in [5, 5.41) is 7.88. The molecule has 29 heavy (non-hydrogen) atoms. The molecule has 1 aliphatic rings. The van der Waals surface area contributed by atoms with E-state index in [-0.39, 0.29) is 0 Å². The Bertz CT molecular complexity index is 863. The van der Waals surface area contributed by atoms with Crippen molar-refractivity contribution in [2.24, 2.45) is 5.92 Å². The van der Waals surface area contributed by atoms with Gasteiger partial charge in [-0.2, -0.15) is 5.10 Å². The molecule has 1 N–H and O–H groups in total. The van der Waals surface area contributed by atoms with Crippen molar-refractivity contribution in [2.75, 3.05) is 26.0 Å². The molecule has 0 aromatic carbocycles. The Morgan fingerprint density at radius 1 is 1.24 bits per heavy atom. The van der Waals surface area contributed by atoms with Gasteiger partial charge in [-0.05, 0) is 51.8 Å². The van der Waals surface area contributed by atoms with E-state index in [1.54, 1.807) is 12.3 Å². The van der Waals surface area contributed by atoms with Gasteiger partial charge >= 0.3 is 0 Å². The maximum atomic E-state index is 12.5. The Labute approximate surface area is 175 Å². The molecule has 0 amide bonds. The fourth-order valence-electron chi connectivity index (χ4n) is 3.68. The highest BCUT2D eigenvalue weighted by atomic mass is 35.5. The van der Waals surface area contributed by atoms with Crippen LogP contribution in [0.15, 0.2) is 24.7 Å². The van der Waals surface area contributed by atoms with Crippen molar-refractivity contribution >= 4 is 17.3 Å². The molecule has 2 aromatic rings. The molecule has 1 saturated carbocycles. The standard InChI is InChI=1S/C21H26ClF2N5/c1-28(2)12-15-4-7-18(8-5-15)27-19-9-20(22)25-11-17(19)6-3-16-10-26-29(13-16)14-21(23)24/h9-11,13,15,18,21H,4-5,7-8,12,14H2,1-2H3,(H,25,27). The Hall–Kier alpha value is -2.17. The van der Waals surface area contributed by atoms with Gasteiger partial charge in [0.1, 0.15) is 11.7 Å². The van der Waals surface area contributed by atoms with E-state index >= 15 is 0 Å². The molecule has 0 bridgehead atoms. The summed E-state index contributed by atoms with van der Waals surface area (Å²) in [7, 11) is 4.23. The third-order valence-corrected chi connectivity index (χ3v) is 5.21. The summed E-state index contributed by atoms with van der Waals surface area (Å²) in [5.74, 6) is 6.78. The summed E-state index contributed by atoms with van der Waals surface area (Å²) >= 11 is 6.09. The minimum atomic E-state index is -2.44. The number of nitrogens with zero attached hydrogens (tertiary/aromatic N) is 4. The van der Waals surface area contributed by atoms with Gasteiger partial charge in [0.25, 0.3) is 6.43 Å². The quantitative estimate of drug-likeness (QED) is 0.562. The largest absolute Gasteiger partial charge is 0.381 e. The highest BCUT2D eigenvalue weighted by Crippen LogP contribution is 2.28. The molecule has 3 rings (SSSR count). The SMILES string of the molecule is CN(C)CC1CCC(Nc2cc(Cl)ncc2C#Cc2cnn(CC(F)F)c2)CC1. The molecule has 1 fully saturated rings. The number of rotatable bonds is 6. The number of pyridine rings is 1. The van der Waals surface area contributed by atoms with E-state index in [1.165, 1.54) is 29.9 Å². The van der Waals surface area contributed by atoms with Crippen molar-refractivity contribution in [1.29, 1.82) is 0 Å². The molecule has 0 unspecified atom stereocenters. The van der Waals surface area contributed by atoms with Crippen molar-refractivity contribution in [2.45, 2.75) is 44.7 Å². The lowest BCUT2D eigenvalue weighted by molar-refractivity contribution is 0.122. The lowest BCUT2D eigenvalue weighted by Gasteiger charge is -2.31. The van der Waals surface area contributed by atoms with E-state index < -0.39 is 13.0 Å². The second-order valence-electron chi connectivity index (χ2n) is 7.77. The van der Waals surface area contributed by atoms with Crippen molar-refractivity contribution in [1.82, 2.24) is 19.7 Å². The summed E-state index contributed by atoms with van der Waals surface area (Å²) in [6.07, 6.45) is 6.79. The summed E-state index contributed by atoms with van der Waals surface area (Å²) in [4.78, 5) is 6.38. The zero-order chi connectivity index (χ0) is 20.8. The molecule has 156 valence electrons. The molecule has 1 aliphatic carbocycles. The zero-order valence-electron chi connectivity index (χ0n) is 16.7. The van der Waals surface area contributed by atoms with Gasteiger partial charge in [-0.1, -0.05) is 23.4 Å². The van der Waals surface area contributed by atoms with Gasteiger partial charge < -0.3 is 10.2 Å². The predicted molar refractivity (Wildman–Crippen MR) is 111 cm³/mol. The van der Waals surface area contributed by atoms with Crippen molar-refractivity contribution in [3.63, 3.8) is 0 Å². The molecule has 2 aromatic heterocycles. The first-order valence-corrected chi connectivity index (χ1v) is 10.2. The van der Waals surface area contributed by atoms with Crippen LogP contribution in [0.3, 0.4) is 0 Å². The first-order chi connectivity index (χ1) is 13.9. The van der Waals surface area contributed by atoms with Crippen LogP contribution in [0, 0.1) is 17.8 Å². The number of halogens is 3. The van der Waals surface area contributed by atoms with Gasteiger partial charge in [-0.25, -0.2) is 13.8 Å². The fraction of sp³-hybridized carbons (Fsp3) is 0.524. The topological polar surface area (TPSA) is 46.0 Å². The van der Waals surface area contributed by atoms with Crippen molar-refractivity contribution < 1.29 is 8.78 Å². The highest BCUT2D eigenvalue weighted by Gasteiger charge is 2.22. The van der Waals surface area contributed by atoms with Crippen LogP contribution in [0.25, 0.3) is 0 Å².